The summed E-state index contributed by atoms with van der Waals surface area (Å²) in [4.78, 5) is 22.7. The number of rotatable bonds is 4. The summed E-state index contributed by atoms with van der Waals surface area (Å²) in [5, 5.41) is 11.7. The molecule has 1 fully saturated rings. The largest absolute Gasteiger partial charge is 0.481 e. The fourth-order valence-corrected chi connectivity index (χ4v) is 2.40. The van der Waals surface area contributed by atoms with Gasteiger partial charge in [0.1, 0.15) is 0 Å². The zero-order valence-electron chi connectivity index (χ0n) is 9.44. The summed E-state index contributed by atoms with van der Waals surface area (Å²) < 4.78 is 5.00. The van der Waals surface area contributed by atoms with Crippen molar-refractivity contribution < 1.29 is 19.1 Å². The quantitative estimate of drug-likeness (QED) is 0.836. The van der Waals surface area contributed by atoms with E-state index in [2.05, 4.69) is 5.32 Å². The number of amides is 1. The number of nitrogens with one attached hydrogen (secondary N) is 1. The van der Waals surface area contributed by atoms with Crippen LogP contribution in [0.15, 0.2) is 22.8 Å². The summed E-state index contributed by atoms with van der Waals surface area (Å²) in [7, 11) is 0. The minimum atomic E-state index is -0.883. The lowest BCUT2D eigenvalue weighted by atomic mass is 9.93. The van der Waals surface area contributed by atoms with Gasteiger partial charge in [0, 0.05) is 0 Å². The van der Waals surface area contributed by atoms with E-state index in [1.807, 2.05) is 0 Å². The summed E-state index contributed by atoms with van der Waals surface area (Å²) >= 11 is 0. The van der Waals surface area contributed by atoms with Crippen LogP contribution in [0.5, 0.6) is 0 Å². The maximum atomic E-state index is 11.9. The third-order valence-corrected chi connectivity index (χ3v) is 3.17. The van der Waals surface area contributed by atoms with Gasteiger partial charge in [-0.25, -0.2) is 0 Å². The molecular formula is C12H15NO4. The van der Waals surface area contributed by atoms with Gasteiger partial charge in [0.05, 0.1) is 18.2 Å². The number of furan rings is 1. The van der Waals surface area contributed by atoms with Crippen LogP contribution in [-0.4, -0.2) is 22.5 Å². The van der Waals surface area contributed by atoms with Crippen molar-refractivity contribution >= 4 is 11.9 Å². The Bertz CT molecular complexity index is 404. The molecule has 92 valence electrons. The van der Waals surface area contributed by atoms with Gasteiger partial charge in [0.15, 0.2) is 5.76 Å². The van der Waals surface area contributed by atoms with Crippen LogP contribution in [0.3, 0.4) is 0 Å². The van der Waals surface area contributed by atoms with E-state index in [1.54, 1.807) is 12.1 Å². The van der Waals surface area contributed by atoms with Gasteiger partial charge in [-0.2, -0.15) is 0 Å². The minimum Gasteiger partial charge on any atom is -0.481 e. The zero-order chi connectivity index (χ0) is 12.3. The van der Waals surface area contributed by atoms with Crippen molar-refractivity contribution in [1.29, 1.82) is 0 Å². The zero-order valence-corrected chi connectivity index (χ0v) is 9.44. The first-order chi connectivity index (χ1) is 8.11. The van der Waals surface area contributed by atoms with Crippen LogP contribution in [0.4, 0.5) is 0 Å². The lowest BCUT2D eigenvalue weighted by molar-refractivity contribution is -0.138. The van der Waals surface area contributed by atoms with Gasteiger partial charge >= 0.3 is 5.97 Å². The van der Waals surface area contributed by atoms with Crippen molar-refractivity contribution in [2.75, 3.05) is 0 Å². The standard InChI is InChI=1S/C12H15NO4/c14-10(15)8-12(5-1-2-6-12)13-11(16)9-4-3-7-17-9/h3-4,7H,1-2,5-6,8H2,(H,13,16)(H,14,15). The Hall–Kier alpha value is -1.78. The molecule has 0 spiro atoms. The molecule has 2 rings (SSSR count). The van der Waals surface area contributed by atoms with Gasteiger partial charge < -0.3 is 14.8 Å². The normalized spacial score (nSPS) is 17.9. The Morgan fingerprint density at radius 2 is 2.12 bits per heavy atom. The van der Waals surface area contributed by atoms with Crippen molar-refractivity contribution in [3.63, 3.8) is 0 Å². The molecule has 0 aliphatic heterocycles. The molecule has 1 aromatic rings. The van der Waals surface area contributed by atoms with Crippen molar-refractivity contribution in [2.45, 2.75) is 37.6 Å². The number of carbonyl (C=O) groups excluding carboxylic acids is 1. The van der Waals surface area contributed by atoms with E-state index in [9.17, 15) is 9.59 Å². The fourth-order valence-electron chi connectivity index (χ4n) is 2.40. The van der Waals surface area contributed by atoms with Crippen LogP contribution in [0.2, 0.25) is 0 Å². The SMILES string of the molecule is O=C(O)CC1(NC(=O)c2ccco2)CCCC1. The molecule has 1 amide bonds. The summed E-state index contributed by atoms with van der Waals surface area (Å²) in [6, 6.07) is 3.20. The van der Waals surface area contributed by atoms with Crippen molar-refractivity contribution in [3.05, 3.63) is 24.2 Å². The van der Waals surface area contributed by atoms with Crippen molar-refractivity contribution in [3.8, 4) is 0 Å². The summed E-state index contributed by atoms with van der Waals surface area (Å²) in [6.45, 7) is 0. The van der Waals surface area contributed by atoms with Gasteiger partial charge in [-0.1, -0.05) is 12.8 Å². The highest BCUT2D eigenvalue weighted by Gasteiger charge is 2.37. The van der Waals surface area contributed by atoms with E-state index >= 15 is 0 Å². The number of aliphatic carboxylic acids is 1. The Morgan fingerprint density at radius 3 is 2.65 bits per heavy atom. The van der Waals surface area contributed by atoms with E-state index in [0.29, 0.717) is 12.8 Å². The first-order valence-corrected chi connectivity index (χ1v) is 5.69. The molecule has 0 bridgehead atoms. The highest BCUT2D eigenvalue weighted by molar-refractivity contribution is 5.92. The predicted octanol–water partition coefficient (Wildman–Crippen LogP) is 1.80. The van der Waals surface area contributed by atoms with Crippen LogP contribution >= 0.6 is 0 Å². The average molecular weight is 237 g/mol. The van der Waals surface area contributed by atoms with Gasteiger partial charge in [-0.15, -0.1) is 0 Å². The van der Waals surface area contributed by atoms with Gasteiger partial charge in [-0.05, 0) is 25.0 Å². The predicted molar refractivity (Wildman–Crippen MR) is 59.6 cm³/mol. The molecule has 5 nitrogen and oxygen atoms in total. The molecule has 0 aromatic carbocycles. The molecular weight excluding hydrogens is 222 g/mol. The molecule has 17 heavy (non-hydrogen) atoms. The van der Waals surface area contributed by atoms with Gasteiger partial charge in [-0.3, -0.25) is 9.59 Å². The number of carboxylic acid groups (broad SMARTS) is 1. The van der Waals surface area contributed by atoms with Crippen LogP contribution in [0, 0.1) is 0 Å². The first-order valence-electron chi connectivity index (χ1n) is 5.69. The molecule has 2 N–H and O–H groups in total. The van der Waals surface area contributed by atoms with E-state index < -0.39 is 11.5 Å². The molecule has 0 unspecified atom stereocenters. The smallest absolute Gasteiger partial charge is 0.305 e. The summed E-state index contributed by atoms with van der Waals surface area (Å²) in [6.07, 6.45) is 4.72. The molecule has 5 heteroatoms. The number of hydrogen-bond acceptors (Lipinski definition) is 3. The molecule has 1 aliphatic rings. The van der Waals surface area contributed by atoms with E-state index in [4.69, 9.17) is 9.52 Å². The topological polar surface area (TPSA) is 79.5 Å². The number of hydrogen-bond donors (Lipinski definition) is 2. The Morgan fingerprint density at radius 1 is 1.41 bits per heavy atom. The van der Waals surface area contributed by atoms with Gasteiger partial charge in [0.2, 0.25) is 0 Å². The van der Waals surface area contributed by atoms with E-state index in [-0.39, 0.29) is 18.1 Å². The van der Waals surface area contributed by atoms with Crippen molar-refractivity contribution in [1.82, 2.24) is 5.32 Å². The molecule has 0 radical (unpaired) electrons. The Labute approximate surface area is 98.8 Å². The minimum absolute atomic E-state index is 0.0283. The maximum Gasteiger partial charge on any atom is 0.305 e. The van der Waals surface area contributed by atoms with Crippen molar-refractivity contribution in [2.24, 2.45) is 0 Å². The Kier molecular flexibility index (Phi) is 3.17. The molecule has 1 aliphatic carbocycles. The van der Waals surface area contributed by atoms with Crippen LogP contribution < -0.4 is 5.32 Å². The van der Waals surface area contributed by atoms with Crippen LogP contribution in [-0.2, 0) is 4.79 Å². The maximum absolute atomic E-state index is 11.9. The molecule has 0 atom stereocenters. The monoisotopic (exact) mass is 237 g/mol. The second kappa shape index (κ2) is 4.61. The first kappa shape index (κ1) is 11.7. The summed E-state index contributed by atoms with van der Waals surface area (Å²) in [5.41, 5.74) is -0.601. The third-order valence-electron chi connectivity index (χ3n) is 3.17. The molecule has 1 heterocycles. The lowest BCUT2D eigenvalue weighted by Gasteiger charge is -2.28. The number of carbonyl (C=O) groups is 2. The average Bonchev–Trinajstić information content (AvgIpc) is 2.86. The van der Waals surface area contributed by atoms with Crippen LogP contribution in [0.25, 0.3) is 0 Å². The lowest BCUT2D eigenvalue weighted by Crippen LogP contribution is -2.47. The van der Waals surface area contributed by atoms with Gasteiger partial charge in [0.25, 0.3) is 5.91 Å². The molecule has 1 aromatic heterocycles. The van der Waals surface area contributed by atoms with Crippen LogP contribution in [0.1, 0.15) is 42.7 Å². The molecule has 0 saturated heterocycles. The fraction of sp³-hybridized carbons (Fsp3) is 0.500. The number of carboxylic acids is 1. The van der Waals surface area contributed by atoms with E-state index in [1.165, 1.54) is 6.26 Å². The second-order valence-corrected chi connectivity index (χ2v) is 4.49. The third kappa shape index (κ3) is 2.67. The second-order valence-electron chi connectivity index (χ2n) is 4.49. The summed E-state index contributed by atoms with van der Waals surface area (Å²) in [5.74, 6) is -0.994. The highest BCUT2D eigenvalue weighted by atomic mass is 16.4. The Balaban J connectivity index is 2.08. The highest BCUT2D eigenvalue weighted by Crippen LogP contribution is 2.32. The van der Waals surface area contributed by atoms with E-state index in [0.717, 1.165) is 12.8 Å². The molecule has 1 saturated carbocycles.